The van der Waals surface area contributed by atoms with Crippen LogP contribution in [0.5, 0.6) is 5.75 Å². The molecule has 18 heavy (non-hydrogen) atoms. The molecule has 0 fully saturated rings. The van der Waals surface area contributed by atoms with Crippen molar-refractivity contribution in [3.05, 3.63) is 40.6 Å². The van der Waals surface area contributed by atoms with Crippen molar-refractivity contribution in [3.8, 4) is 16.3 Å². The minimum absolute atomic E-state index is 0.0629. The first-order chi connectivity index (χ1) is 8.63. The molecule has 1 aromatic carbocycles. The lowest BCUT2D eigenvalue weighted by Crippen LogP contribution is -1.85. The number of fused-ring (bicyclic) bond motifs is 1. The van der Waals surface area contributed by atoms with Gasteiger partial charge in [0.05, 0.1) is 22.0 Å². The fraction of sp³-hybridized carbons (Fsp3) is 0. The van der Waals surface area contributed by atoms with Crippen molar-refractivity contribution >= 4 is 27.4 Å². The van der Waals surface area contributed by atoms with Gasteiger partial charge in [-0.2, -0.15) is 0 Å². The number of rotatable bonds is 2. The summed E-state index contributed by atoms with van der Waals surface area (Å²) >= 11 is 1.38. The van der Waals surface area contributed by atoms with Crippen LogP contribution in [0.3, 0.4) is 0 Å². The van der Waals surface area contributed by atoms with E-state index in [0.717, 1.165) is 10.2 Å². The summed E-state index contributed by atoms with van der Waals surface area (Å²) in [7, 11) is 0. The Morgan fingerprint density at radius 2 is 2.22 bits per heavy atom. The number of phenolic OH excluding ortho intramolecular Hbond substituents is 1. The molecule has 0 bridgehead atoms. The lowest BCUT2D eigenvalue weighted by atomic mass is 10.3. The number of H-pyrrole nitrogens is 1. The maximum absolute atomic E-state index is 10.6. The van der Waals surface area contributed by atoms with Crippen LogP contribution in [0.4, 0.5) is 5.82 Å². The quantitative estimate of drug-likeness (QED) is 0.548. The maximum Gasteiger partial charge on any atom is 0.321 e. The third-order valence-electron chi connectivity index (χ3n) is 2.48. The van der Waals surface area contributed by atoms with Crippen molar-refractivity contribution < 1.29 is 10.0 Å². The van der Waals surface area contributed by atoms with E-state index in [9.17, 15) is 15.2 Å². The molecule has 3 aromatic rings. The number of aromatic amines is 1. The van der Waals surface area contributed by atoms with Gasteiger partial charge in [0.25, 0.3) is 0 Å². The smallest absolute Gasteiger partial charge is 0.321 e. The second-order valence-corrected chi connectivity index (χ2v) is 4.73. The number of nitro groups is 1. The molecule has 0 spiro atoms. The number of nitrogens with zero attached hydrogens (tertiary/aromatic N) is 2. The van der Waals surface area contributed by atoms with Gasteiger partial charge < -0.3 is 15.2 Å². The van der Waals surface area contributed by atoms with Crippen LogP contribution in [0.1, 0.15) is 0 Å². The Hall–Kier alpha value is -2.41. The van der Waals surface area contributed by atoms with E-state index in [4.69, 9.17) is 0 Å². The lowest BCUT2D eigenvalue weighted by Gasteiger charge is -1.87. The van der Waals surface area contributed by atoms with Gasteiger partial charge in [-0.1, -0.05) is 0 Å². The number of benzene rings is 1. The second-order valence-electron chi connectivity index (χ2n) is 3.70. The first-order valence-corrected chi connectivity index (χ1v) is 5.88. The molecule has 2 N–H and O–H groups in total. The van der Waals surface area contributed by atoms with Crippen LogP contribution in [-0.4, -0.2) is 20.0 Å². The molecule has 3 rings (SSSR count). The molecule has 0 saturated carbocycles. The van der Waals surface area contributed by atoms with E-state index in [1.54, 1.807) is 24.4 Å². The molecule has 0 saturated heterocycles. The fourth-order valence-corrected chi connectivity index (χ4v) is 2.63. The van der Waals surface area contributed by atoms with Crippen LogP contribution < -0.4 is 0 Å². The Kier molecular flexibility index (Phi) is 2.27. The maximum atomic E-state index is 10.6. The third-order valence-corrected chi connectivity index (χ3v) is 3.55. The Bertz CT molecular complexity index is 747. The van der Waals surface area contributed by atoms with Crippen molar-refractivity contribution in [2.75, 3.05) is 0 Å². The van der Waals surface area contributed by atoms with Gasteiger partial charge in [-0.15, -0.1) is 11.3 Å². The Morgan fingerprint density at radius 1 is 1.39 bits per heavy atom. The standard InChI is InChI=1S/C11H7N3O3S/c15-7-1-2-8-9(4-7)18-11(13-8)6-3-10(12-5-6)14(16)17/h1-5,12,15H. The lowest BCUT2D eigenvalue weighted by molar-refractivity contribution is -0.389. The van der Waals surface area contributed by atoms with Gasteiger partial charge in [0, 0.05) is 6.07 Å². The zero-order valence-electron chi connectivity index (χ0n) is 8.95. The highest BCUT2D eigenvalue weighted by atomic mass is 32.1. The van der Waals surface area contributed by atoms with Gasteiger partial charge in [-0.05, 0) is 23.1 Å². The normalized spacial score (nSPS) is 10.9. The van der Waals surface area contributed by atoms with Crippen LogP contribution in [0.2, 0.25) is 0 Å². The molecular weight excluding hydrogens is 254 g/mol. The van der Waals surface area contributed by atoms with Gasteiger partial charge in [-0.25, -0.2) is 9.97 Å². The Labute approximate surface area is 105 Å². The number of hydrogen-bond donors (Lipinski definition) is 2. The third kappa shape index (κ3) is 1.70. The largest absolute Gasteiger partial charge is 0.508 e. The molecule has 0 aliphatic carbocycles. The summed E-state index contributed by atoms with van der Waals surface area (Å²) < 4.78 is 0.842. The van der Waals surface area contributed by atoms with E-state index in [0.29, 0.717) is 10.6 Å². The van der Waals surface area contributed by atoms with Crippen molar-refractivity contribution in [1.82, 2.24) is 9.97 Å². The Morgan fingerprint density at radius 3 is 2.94 bits per heavy atom. The van der Waals surface area contributed by atoms with E-state index >= 15 is 0 Å². The first kappa shape index (κ1) is 10.7. The van der Waals surface area contributed by atoms with Gasteiger partial charge in [0.2, 0.25) is 0 Å². The van der Waals surface area contributed by atoms with Gasteiger partial charge in [0.1, 0.15) is 10.8 Å². The van der Waals surface area contributed by atoms with E-state index in [1.165, 1.54) is 17.4 Å². The number of nitrogens with one attached hydrogen (secondary N) is 1. The molecule has 0 unspecified atom stereocenters. The molecule has 0 radical (unpaired) electrons. The van der Waals surface area contributed by atoms with Gasteiger partial charge >= 0.3 is 5.82 Å². The summed E-state index contributed by atoms with van der Waals surface area (Å²) in [5.74, 6) is 0.116. The predicted molar refractivity (Wildman–Crippen MR) is 67.7 cm³/mol. The molecular formula is C11H7N3O3S. The van der Waals surface area contributed by atoms with E-state index in [1.807, 2.05) is 0 Å². The van der Waals surface area contributed by atoms with Crippen molar-refractivity contribution in [2.24, 2.45) is 0 Å². The fourth-order valence-electron chi connectivity index (χ4n) is 1.65. The van der Waals surface area contributed by atoms with Crippen LogP contribution in [0.15, 0.2) is 30.5 Å². The van der Waals surface area contributed by atoms with Gasteiger partial charge in [-0.3, -0.25) is 0 Å². The predicted octanol–water partition coefficient (Wildman–Crippen LogP) is 2.91. The highest BCUT2D eigenvalue weighted by molar-refractivity contribution is 7.21. The molecule has 0 atom stereocenters. The van der Waals surface area contributed by atoms with Gasteiger partial charge in [0.15, 0.2) is 0 Å². The minimum Gasteiger partial charge on any atom is -0.508 e. The number of aromatic hydroxyl groups is 1. The van der Waals surface area contributed by atoms with E-state index in [2.05, 4.69) is 9.97 Å². The molecule has 0 aliphatic rings. The number of hydrogen-bond acceptors (Lipinski definition) is 5. The second kappa shape index (κ2) is 3.81. The van der Waals surface area contributed by atoms with Crippen LogP contribution in [0, 0.1) is 10.1 Å². The monoisotopic (exact) mass is 261 g/mol. The zero-order valence-corrected chi connectivity index (χ0v) is 9.77. The van der Waals surface area contributed by atoms with Crippen molar-refractivity contribution in [2.45, 2.75) is 0 Å². The van der Waals surface area contributed by atoms with E-state index < -0.39 is 4.92 Å². The topological polar surface area (TPSA) is 92.1 Å². The highest BCUT2D eigenvalue weighted by Crippen LogP contribution is 2.33. The minimum atomic E-state index is -0.483. The summed E-state index contributed by atoms with van der Waals surface area (Å²) in [6.45, 7) is 0. The molecule has 7 heteroatoms. The summed E-state index contributed by atoms with van der Waals surface area (Å²) in [4.78, 5) is 17.0. The van der Waals surface area contributed by atoms with Crippen LogP contribution in [-0.2, 0) is 0 Å². The highest BCUT2D eigenvalue weighted by Gasteiger charge is 2.13. The summed E-state index contributed by atoms with van der Waals surface area (Å²) in [5, 5.41) is 20.6. The average molecular weight is 261 g/mol. The van der Waals surface area contributed by atoms with Crippen LogP contribution in [0.25, 0.3) is 20.8 Å². The van der Waals surface area contributed by atoms with E-state index in [-0.39, 0.29) is 11.6 Å². The number of aromatic nitrogens is 2. The number of thiazole rings is 1. The molecule has 2 aromatic heterocycles. The molecule has 0 amide bonds. The van der Waals surface area contributed by atoms with Crippen molar-refractivity contribution in [3.63, 3.8) is 0 Å². The summed E-state index contributed by atoms with van der Waals surface area (Å²) in [5.41, 5.74) is 1.43. The van der Waals surface area contributed by atoms with Crippen molar-refractivity contribution in [1.29, 1.82) is 0 Å². The molecule has 90 valence electrons. The molecule has 0 aliphatic heterocycles. The molecule has 2 heterocycles. The Balaban J connectivity index is 2.10. The summed E-state index contributed by atoms with van der Waals surface area (Å²) in [6, 6.07) is 6.34. The molecule has 6 nitrogen and oxygen atoms in total. The summed E-state index contributed by atoms with van der Waals surface area (Å²) in [6.07, 6.45) is 1.55. The SMILES string of the molecule is O=[N+]([O-])c1cc(-c2nc3ccc(O)cc3s2)c[nH]1. The zero-order chi connectivity index (χ0) is 12.7. The number of phenols is 1. The average Bonchev–Trinajstić information content (AvgIpc) is 2.93. The van der Waals surface area contributed by atoms with Crippen LogP contribution >= 0.6 is 11.3 Å². The first-order valence-electron chi connectivity index (χ1n) is 5.06.